The largest absolute Gasteiger partial charge is 0.353 e. The first-order valence-corrected chi connectivity index (χ1v) is 8.13. The number of rotatable bonds is 4. The molecule has 0 saturated heterocycles. The molecular weight excluding hydrogens is 256 g/mol. The van der Waals surface area contributed by atoms with Crippen molar-refractivity contribution in [2.75, 3.05) is 13.6 Å². The van der Waals surface area contributed by atoms with Gasteiger partial charge in [0, 0.05) is 30.5 Å². The van der Waals surface area contributed by atoms with Gasteiger partial charge in [0.15, 0.2) is 0 Å². The van der Waals surface area contributed by atoms with Crippen molar-refractivity contribution in [3.8, 4) is 0 Å². The van der Waals surface area contributed by atoms with Crippen molar-refractivity contribution in [2.45, 2.75) is 60.5 Å². The highest BCUT2D eigenvalue weighted by Gasteiger charge is 2.34. The van der Waals surface area contributed by atoms with Gasteiger partial charge in [-0.2, -0.15) is 0 Å². The van der Waals surface area contributed by atoms with Gasteiger partial charge >= 0.3 is 0 Å². The third-order valence-electron chi connectivity index (χ3n) is 4.89. The lowest BCUT2D eigenvalue weighted by Crippen LogP contribution is -2.32. The van der Waals surface area contributed by atoms with Crippen molar-refractivity contribution in [3.63, 3.8) is 0 Å². The molecule has 0 bridgehead atoms. The Kier molecular flexibility index (Phi) is 4.65. The Labute approximate surface area is 130 Å². The smallest absolute Gasteiger partial charge is 0.128 e. The van der Waals surface area contributed by atoms with E-state index in [-0.39, 0.29) is 0 Å². The van der Waals surface area contributed by atoms with E-state index in [9.17, 15) is 0 Å². The lowest BCUT2D eigenvalue weighted by Gasteiger charge is -2.35. The van der Waals surface area contributed by atoms with E-state index in [0.29, 0.717) is 6.17 Å². The molecule has 21 heavy (non-hydrogen) atoms. The fraction of sp³-hybridized carbons (Fsp3) is 0.579. The van der Waals surface area contributed by atoms with Gasteiger partial charge in [-0.05, 0) is 52.2 Å². The standard InChI is InChI=1S/C19H30N2/c1-8-9-10-21-17(6)16(5)20(7)19(21)18-14(3)11-13(2)12-15(18)4/h11-12,19H,8-10H2,1-7H3. The van der Waals surface area contributed by atoms with E-state index >= 15 is 0 Å². The van der Waals surface area contributed by atoms with Crippen LogP contribution >= 0.6 is 0 Å². The summed E-state index contributed by atoms with van der Waals surface area (Å²) in [6.45, 7) is 14.6. The Morgan fingerprint density at radius 3 is 2.05 bits per heavy atom. The molecule has 1 unspecified atom stereocenters. The Hall–Kier alpha value is -1.44. The first-order valence-electron chi connectivity index (χ1n) is 8.13. The summed E-state index contributed by atoms with van der Waals surface area (Å²) in [5.74, 6) is 0. The van der Waals surface area contributed by atoms with Gasteiger partial charge in [-0.25, -0.2) is 0 Å². The summed E-state index contributed by atoms with van der Waals surface area (Å²) in [5, 5.41) is 0. The highest BCUT2D eigenvalue weighted by atomic mass is 15.4. The van der Waals surface area contributed by atoms with Crippen LogP contribution in [0.25, 0.3) is 0 Å². The third-order valence-corrected chi connectivity index (χ3v) is 4.89. The minimum absolute atomic E-state index is 0.358. The van der Waals surface area contributed by atoms with Crippen LogP contribution in [0.2, 0.25) is 0 Å². The van der Waals surface area contributed by atoms with E-state index in [4.69, 9.17) is 0 Å². The molecule has 1 atom stereocenters. The molecule has 116 valence electrons. The molecule has 1 aromatic carbocycles. The zero-order chi connectivity index (χ0) is 15.7. The van der Waals surface area contributed by atoms with Crippen LogP contribution in [0, 0.1) is 20.8 Å². The van der Waals surface area contributed by atoms with E-state index in [1.165, 1.54) is 46.5 Å². The zero-order valence-corrected chi connectivity index (χ0v) is 14.7. The summed E-state index contributed by atoms with van der Waals surface area (Å²) in [4.78, 5) is 5.03. The fourth-order valence-electron chi connectivity index (χ4n) is 3.61. The van der Waals surface area contributed by atoms with Crippen molar-refractivity contribution >= 4 is 0 Å². The number of allylic oxidation sites excluding steroid dienone is 2. The van der Waals surface area contributed by atoms with Gasteiger partial charge in [-0.1, -0.05) is 31.0 Å². The molecule has 0 fully saturated rings. The third kappa shape index (κ3) is 2.81. The predicted octanol–water partition coefficient (Wildman–Crippen LogP) is 4.91. The van der Waals surface area contributed by atoms with E-state index in [2.05, 4.69) is 70.5 Å². The van der Waals surface area contributed by atoms with Crippen molar-refractivity contribution in [1.82, 2.24) is 9.80 Å². The van der Waals surface area contributed by atoms with Gasteiger partial charge in [0.2, 0.25) is 0 Å². The van der Waals surface area contributed by atoms with Crippen LogP contribution in [0.1, 0.15) is 62.0 Å². The summed E-state index contributed by atoms with van der Waals surface area (Å²) in [7, 11) is 2.23. The average molecular weight is 286 g/mol. The Balaban J connectivity index is 2.46. The van der Waals surface area contributed by atoms with E-state index < -0.39 is 0 Å². The second-order valence-corrected chi connectivity index (χ2v) is 6.51. The van der Waals surface area contributed by atoms with Gasteiger partial charge in [-0.15, -0.1) is 0 Å². The molecule has 0 spiro atoms. The minimum atomic E-state index is 0.358. The number of aryl methyl sites for hydroxylation is 3. The van der Waals surface area contributed by atoms with Crippen LogP contribution in [0.4, 0.5) is 0 Å². The molecule has 0 radical (unpaired) electrons. The van der Waals surface area contributed by atoms with Crippen molar-refractivity contribution in [2.24, 2.45) is 0 Å². The number of nitrogens with zero attached hydrogens (tertiary/aromatic N) is 2. The Bertz CT molecular complexity index is 534. The zero-order valence-electron chi connectivity index (χ0n) is 14.7. The summed E-state index contributed by atoms with van der Waals surface area (Å²) in [6.07, 6.45) is 2.85. The second kappa shape index (κ2) is 6.13. The number of benzene rings is 1. The van der Waals surface area contributed by atoms with E-state index in [1.54, 1.807) is 0 Å². The van der Waals surface area contributed by atoms with E-state index in [0.717, 1.165) is 6.54 Å². The monoisotopic (exact) mass is 286 g/mol. The normalized spacial score (nSPS) is 18.9. The van der Waals surface area contributed by atoms with Crippen LogP contribution in [0.3, 0.4) is 0 Å². The maximum atomic E-state index is 2.59. The van der Waals surface area contributed by atoms with Gasteiger partial charge in [-0.3, -0.25) is 0 Å². The molecule has 0 aromatic heterocycles. The lowest BCUT2D eigenvalue weighted by molar-refractivity contribution is 0.160. The first-order chi connectivity index (χ1) is 9.88. The van der Waals surface area contributed by atoms with Crippen LogP contribution in [0.5, 0.6) is 0 Å². The van der Waals surface area contributed by atoms with Gasteiger partial charge in [0.05, 0.1) is 0 Å². The number of unbranched alkanes of at least 4 members (excludes halogenated alkanes) is 1. The molecule has 0 aliphatic carbocycles. The van der Waals surface area contributed by atoms with Crippen molar-refractivity contribution in [3.05, 3.63) is 45.8 Å². The molecule has 2 nitrogen and oxygen atoms in total. The highest BCUT2D eigenvalue weighted by Crippen LogP contribution is 2.40. The van der Waals surface area contributed by atoms with Crippen molar-refractivity contribution < 1.29 is 0 Å². The fourth-order valence-corrected chi connectivity index (χ4v) is 3.61. The van der Waals surface area contributed by atoms with Crippen LogP contribution < -0.4 is 0 Å². The Morgan fingerprint density at radius 1 is 0.952 bits per heavy atom. The quantitative estimate of drug-likeness (QED) is 0.776. The summed E-state index contributed by atoms with van der Waals surface area (Å²) in [5.41, 5.74) is 8.49. The van der Waals surface area contributed by atoms with E-state index in [1.807, 2.05) is 0 Å². The molecule has 0 N–H and O–H groups in total. The maximum Gasteiger partial charge on any atom is 0.128 e. The first kappa shape index (κ1) is 15.9. The molecule has 0 amide bonds. The maximum absolute atomic E-state index is 2.59. The SMILES string of the molecule is CCCCN1C(C)=C(C)N(C)C1c1c(C)cc(C)cc1C. The van der Waals surface area contributed by atoms with Crippen LogP contribution in [-0.4, -0.2) is 23.4 Å². The van der Waals surface area contributed by atoms with Gasteiger partial charge in [0.25, 0.3) is 0 Å². The van der Waals surface area contributed by atoms with Gasteiger partial charge < -0.3 is 9.80 Å². The molecule has 1 aliphatic rings. The molecule has 1 heterocycles. The molecule has 2 heteroatoms. The summed E-state index contributed by atoms with van der Waals surface area (Å²) < 4.78 is 0. The molecule has 2 rings (SSSR count). The second-order valence-electron chi connectivity index (χ2n) is 6.51. The summed E-state index contributed by atoms with van der Waals surface area (Å²) >= 11 is 0. The van der Waals surface area contributed by atoms with Gasteiger partial charge in [0.1, 0.15) is 6.17 Å². The van der Waals surface area contributed by atoms with Crippen LogP contribution in [0.15, 0.2) is 23.5 Å². The summed E-state index contributed by atoms with van der Waals surface area (Å²) in [6, 6.07) is 4.63. The number of hydrogen-bond acceptors (Lipinski definition) is 2. The topological polar surface area (TPSA) is 6.48 Å². The predicted molar refractivity (Wildman–Crippen MR) is 91.1 cm³/mol. The lowest BCUT2D eigenvalue weighted by atomic mass is 9.96. The highest BCUT2D eigenvalue weighted by molar-refractivity contribution is 5.41. The minimum Gasteiger partial charge on any atom is -0.353 e. The number of hydrogen-bond donors (Lipinski definition) is 0. The molecular formula is C19H30N2. The average Bonchev–Trinajstić information content (AvgIpc) is 2.61. The van der Waals surface area contributed by atoms with Crippen molar-refractivity contribution in [1.29, 1.82) is 0 Å². The molecule has 0 saturated carbocycles. The molecule has 1 aliphatic heterocycles. The Morgan fingerprint density at radius 2 is 1.52 bits per heavy atom. The molecule has 1 aromatic rings. The van der Waals surface area contributed by atoms with Crippen LogP contribution in [-0.2, 0) is 0 Å².